The summed E-state index contributed by atoms with van der Waals surface area (Å²) in [6.07, 6.45) is 0.547. The van der Waals surface area contributed by atoms with E-state index >= 15 is 0 Å². The fourth-order valence-corrected chi connectivity index (χ4v) is 4.82. The molecule has 1 fully saturated rings. The molecule has 0 unspecified atom stereocenters. The number of hydrogen-bond donors (Lipinski definition) is 2. The normalized spacial score (nSPS) is 19.1. The highest BCUT2D eigenvalue weighted by atomic mass is 32.2. The Kier molecular flexibility index (Phi) is 8.69. The summed E-state index contributed by atoms with van der Waals surface area (Å²) in [5.41, 5.74) is 0.162. The molecule has 2 aromatic rings. The van der Waals surface area contributed by atoms with Crippen LogP contribution in [0.3, 0.4) is 0 Å². The molecule has 2 amide bonds. The van der Waals surface area contributed by atoms with Crippen LogP contribution in [-0.2, 0) is 26.1 Å². The van der Waals surface area contributed by atoms with Crippen LogP contribution in [0, 0.1) is 16.7 Å². The summed E-state index contributed by atoms with van der Waals surface area (Å²) in [4.78, 5) is 26.5. The van der Waals surface area contributed by atoms with Crippen molar-refractivity contribution in [2.24, 2.45) is 5.41 Å². The predicted octanol–water partition coefficient (Wildman–Crippen LogP) is 3.43. The first-order valence-corrected chi connectivity index (χ1v) is 14.0. The Morgan fingerprint density at radius 3 is 2.47 bits per heavy atom. The molecule has 0 aliphatic carbocycles. The third-order valence-electron chi connectivity index (χ3n) is 6.45. The van der Waals surface area contributed by atoms with E-state index in [0.29, 0.717) is 6.42 Å². The minimum atomic E-state index is -3.65. The van der Waals surface area contributed by atoms with Crippen LogP contribution >= 0.6 is 0 Å². The zero-order chi connectivity index (χ0) is 28.1. The van der Waals surface area contributed by atoms with Gasteiger partial charge in [-0.3, -0.25) is 4.79 Å². The summed E-state index contributed by atoms with van der Waals surface area (Å²) >= 11 is 0. The average Bonchev–Trinajstić information content (AvgIpc) is 3.07. The van der Waals surface area contributed by atoms with Gasteiger partial charge in [0.25, 0.3) is 5.91 Å². The zero-order valence-corrected chi connectivity index (χ0v) is 22.7. The van der Waals surface area contributed by atoms with E-state index in [-0.39, 0.29) is 31.9 Å². The molecule has 10 nitrogen and oxygen atoms in total. The maximum atomic E-state index is 13.6. The second-order valence-electron chi connectivity index (χ2n) is 10.4. The molecular formula is C27H33N3O7S. The summed E-state index contributed by atoms with van der Waals surface area (Å²) in [7, 11) is -3.65. The fourth-order valence-electron chi connectivity index (χ4n) is 4.37. The van der Waals surface area contributed by atoms with Gasteiger partial charge in [-0.2, -0.15) is 13.7 Å². The maximum Gasteiger partial charge on any atom is 0.407 e. The number of ether oxygens (including phenoxy) is 1. The van der Waals surface area contributed by atoms with E-state index < -0.39 is 39.2 Å². The van der Waals surface area contributed by atoms with Gasteiger partial charge in [0.15, 0.2) is 5.60 Å². The lowest BCUT2D eigenvalue weighted by Crippen LogP contribution is -2.63. The molecule has 0 aromatic heterocycles. The van der Waals surface area contributed by atoms with Gasteiger partial charge in [0, 0.05) is 25.0 Å². The molecule has 2 aromatic carbocycles. The van der Waals surface area contributed by atoms with Crippen molar-refractivity contribution in [3.8, 4) is 22.9 Å². The maximum absolute atomic E-state index is 13.6. The van der Waals surface area contributed by atoms with Gasteiger partial charge in [-0.1, -0.05) is 57.2 Å². The van der Waals surface area contributed by atoms with Crippen LogP contribution in [0.2, 0.25) is 0 Å². The number of hydrogen-bond acceptors (Lipinski definition) is 7. The molecule has 204 valence electrons. The second-order valence-corrected chi connectivity index (χ2v) is 11.9. The summed E-state index contributed by atoms with van der Waals surface area (Å²) in [6.45, 7) is 5.80. The third kappa shape index (κ3) is 7.02. The number of benzene rings is 2. The van der Waals surface area contributed by atoms with Crippen molar-refractivity contribution in [1.82, 2.24) is 10.2 Å². The molecule has 0 radical (unpaired) electrons. The summed E-state index contributed by atoms with van der Waals surface area (Å²) in [5, 5.41) is 22.2. The van der Waals surface area contributed by atoms with Gasteiger partial charge in [0.05, 0.1) is 18.9 Å². The lowest BCUT2D eigenvalue weighted by Gasteiger charge is -2.43. The zero-order valence-electron chi connectivity index (χ0n) is 21.9. The smallest absolute Gasteiger partial charge is 0.407 e. The van der Waals surface area contributed by atoms with Crippen molar-refractivity contribution in [2.75, 3.05) is 26.0 Å². The van der Waals surface area contributed by atoms with Crippen molar-refractivity contribution in [2.45, 2.75) is 45.3 Å². The minimum Gasteiger partial charge on any atom is -0.465 e. The van der Waals surface area contributed by atoms with Crippen LogP contribution in [-0.4, -0.2) is 68.0 Å². The molecule has 3 rings (SSSR count). The SMILES string of the molecule is CC(C)(C)[C@@]1(C(=O)N[C@H](C#N)Cc2ccc(-c3cccc(OS(C)(=O)=O)c3)cc2)CN(C(=O)O)CCCO1. The van der Waals surface area contributed by atoms with E-state index in [1.165, 1.54) is 4.90 Å². The van der Waals surface area contributed by atoms with Crippen molar-refractivity contribution in [1.29, 1.82) is 5.26 Å². The monoisotopic (exact) mass is 543 g/mol. The molecule has 0 saturated carbocycles. The first kappa shape index (κ1) is 28.9. The van der Waals surface area contributed by atoms with Gasteiger partial charge < -0.3 is 24.2 Å². The number of nitriles is 1. The van der Waals surface area contributed by atoms with Crippen LogP contribution in [0.25, 0.3) is 11.1 Å². The van der Waals surface area contributed by atoms with Crippen LogP contribution < -0.4 is 9.50 Å². The molecule has 1 aliphatic heterocycles. The highest BCUT2D eigenvalue weighted by Crippen LogP contribution is 2.37. The van der Waals surface area contributed by atoms with Gasteiger partial charge in [0.2, 0.25) is 0 Å². The van der Waals surface area contributed by atoms with Crippen molar-refractivity contribution in [3.63, 3.8) is 0 Å². The molecule has 11 heteroatoms. The van der Waals surface area contributed by atoms with Gasteiger partial charge in [-0.25, -0.2) is 4.79 Å². The van der Waals surface area contributed by atoms with Crippen LogP contribution in [0.15, 0.2) is 48.5 Å². The Morgan fingerprint density at radius 1 is 1.21 bits per heavy atom. The lowest BCUT2D eigenvalue weighted by atomic mass is 9.75. The van der Waals surface area contributed by atoms with Crippen LogP contribution in [0.4, 0.5) is 4.79 Å². The van der Waals surface area contributed by atoms with Gasteiger partial charge in [0.1, 0.15) is 11.8 Å². The summed E-state index contributed by atoms with van der Waals surface area (Å²) in [6, 6.07) is 15.3. The highest BCUT2D eigenvalue weighted by molar-refractivity contribution is 7.86. The minimum absolute atomic E-state index is 0.132. The molecule has 0 spiro atoms. The van der Waals surface area contributed by atoms with Gasteiger partial charge in [-0.15, -0.1) is 0 Å². The largest absolute Gasteiger partial charge is 0.465 e. The Labute approximate surface area is 223 Å². The van der Waals surface area contributed by atoms with E-state index in [1.807, 2.05) is 51.1 Å². The van der Waals surface area contributed by atoms with E-state index in [9.17, 15) is 28.4 Å². The fraction of sp³-hybridized carbons (Fsp3) is 0.444. The standard InChI is InChI=1S/C27H33N3O7S/c1-26(2,3)27(18-30(25(32)33)13-6-14-36-27)24(31)29-22(17-28)15-19-9-11-20(12-10-19)21-7-5-8-23(16-21)37-38(4,34)35/h5,7-12,16,22H,6,13-15,18H2,1-4H3,(H,29,31)(H,32,33)/t22-,27-/m0/s1. The Hall–Kier alpha value is -3.62. The number of rotatable bonds is 7. The molecule has 2 atom stereocenters. The van der Waals surface area contributed by atoms with E-state index in [0.717, 1.165) is 22.9 Å². The summed E-state index contributed by atoms with van der Waals surface area (Å²) < 4.78 is 33.8. The molecule has 0 bridgehead atoms. The van der Waals surface area contributed by atoms with Crippen LogP contribution in [0.5, 0.6) is 5.75 Å². The lowest BCUT2D eigenvalue weighted by molar-refractivity contribution is -0.165. The van der Waals surface area contributed by atoms with E-state index in [4.69, 9.17) is 8.92 Å². The molecular weight excluding hydrogens is 510 g/mol. The first-order chi connectivity index (χ1) is 17.7. The topological polar surface area (TPSA) is 146 Å². The van der Waals surface area contributed by atoms with E-state index in [2.05, 4.69) is 11.4 Å². The predicted molar refractivity (Wildman–Crippen MR) is 141 cm³/mol. The van der Waals surface area contributed by atoms with Crippen LogP contribution in [0.1, 0.15) is 32.8 Å². The first-order valence-electron chi connectivity index (χ1n) is 12.2. The van der Waals surface area contributed by atoms with Gasteiger partial charge >= 0.3 is 16.2 Å². The number of carbonyl (C=O) groups is 2. The van der Waals surface area contributed by atoms with Crippen molar-refractivity contribution in [3.05, 3.63) is 54.1 Å². The number of carbonyl (C=O) groups excluding carboxylic acids is 1. The highest BCUT2D eigenvalue weighted by Gasteiger charge is 2.52. The van der Waals surface area contributed by atoms with Crippen molar-refractivity contribution < 1.29 is 32.0 Å². The van der Waals surface area contributed by atoms with Gasteiger partial charge in [-0.05, 0) is 35.2 Å². The second kappa shape index (κ2) is 11.4. The Morgan fingerprint density at radius 2 is 1.89 bits per heavy atom. The molecule has 1 saturated heterocycles. The molecule has 2 N–H and O–H groups in total. The number of nitrogens with zero attached hydrogens (tertiary/aromatic N) is 2. The quantitative estimate of drug-likeness (QED) is 0.505. The Balaban J connectivity index is 1.76. The molecule has 1 heterocycles. The third-order valence-corrected chi connectivity index (χ3v) is 6.95. The Bertz CT molecular complexity index is 1310. The average molecular weight is 544 g/mol. The number of carboxylic acid groups (broad SMARTS) is 1. The number of amides is 2. The number of nitrogens with one attached hydrogen (secondary N) is 1. The van der Waals surface area contributed by atoms with E-state index in [1.54, 1.807) is 18.2 Å². The van der Waals surface area contributed by atoms with Crippen molar-refractivity contribution >= 4 is 22.1 Å². The molecule has 1 aliphatic rings. The molecule has 38 heavy (non-hydrogen) atoms. The summed E-state index contributed by atoms with van der Waals surface area (Å²) in [5.74, 6) is -0.319.